The Morgan fingerprint density at radius 3 is 2.57 bits per heavy atom. The molecule has 1 aromatic carbocycles. The Morgan fingerprint density at radius 1 is 1.29 bits per heavy atom. The SMILES string of the molecule is CC(C)(C)OC(=O)n1c2ccccc2nc1[C@H]1C[C@H](C)C1. The van der Waals surface area contributed by atoms with Crippen LogP contribution in [0.4, 0.5) is 4.79 Å². The number of ether oxygens (including phenoxy) is 1. The van der Waals surface area contributed by atoms with Crippen molar-refractivity contribution in [3.8, 4) is 0 Å². The van der Waals surface area contributed by atoms with E-state index in [9.17, 15) is 4.79 Å². The third-order valence-corrected chi connectivity index (χ3v) is 3.90. The Hall–Kier alpha value is -1.84. The van der Waals surface area contributed by atoms with Crippen LogP contribution in [0.3, 0.4) is 0 Å². The molecule has 0 spiro atoms. The molecule has 4 nitrogen and oxygen atoms in total. The molecule has 0 aliphatic heterocycles. The van der Waals surface area contributed by atoms with Gasteiger partial charge in [0.2, 0.25) is 0 Å². The lowest BCUT2D eigenvalue weighted by Crippen LogP contribution is -2.30. The largest absolute Gasteiger partial charge is 0.443 e. The molecule has 2 aromatic rings. The van der Waals surface area contributed by atoms with Crippen molar-refractivity contribution in [2.45, 2.75) is 52.1 Å². The number of benzene rings is 1. The topological polar surface area (TPSA) is 44.1 Å². The maximum Gasteiger partial charge on any atom is 0.420 e. The third-order valence-electron chi connectivity index (χ3n) is 3.90. The van der Waals surface area contributed by atoms with Gasteiger partial charge in [-0.3, -0.25) is 0 Å². The molecule has 1 aromatic heterocycles. The van der Waals surface area contributed by atoms with Crippen LogP contribution in [0.1, 0.15) is 52.3 Å². The van der Waals surface area contributed by atoms with E-state index in [1.165, 1.54) is 0 Å². The normalized spacial score (nSPS) is 22.1. The van der Waals surface area contributed by atoms with Gasteiger partial charge < -0.3 is 4.74 Å². The summed E-state index contributed by atoms with van der Waals surface area (Å²) in [6, 6.07) is 7.75. The second-order valence-electron chi connectivity index (χ2n) is 7.05. The molecule has 1 aliphatic carbocycles. The molecule has 0 unspecified atom stereocenters. The minimum atomic E-state index is -0.507. The first-order valence-corrected chi connectivity index (χ1v) is 7.56. The van der Waals surface area contributed by atoms with Gasteiger partial charge in [-0.15, -0.1) is 0 Å². The van der Waals surface area contributed by atoms with Gasteiger partial charge in [-0.2, -0.15) is 0 Å². The van der Waals surface area contributed by atoms with Crippen molar-refractivity contribution in [3.05, 3.63) is 30.1 Å². The zero-order valence-corrected chi connectivity index (χ0v) is 13.1. The van der Waals surface area contributed by atoms with E-state index in [4.69, 9.17) is 4.74 Å². The first kappa shape index (κ1) is 14.1. The van der Waals surface area contributed by atoms with E-state index >= 15 is 0 Å². The molecule has 4 heteroatoms. The van der Waals surface area contributed by atoms with Gasteiger partial charge >= 0.3 is 6.09 Å². The molecule has 0 bridgehead atoms. The Labute approximate surface area is 125 Å². The summed E-state index contributed by atoms with van der Waals surface area (Å²) in [5.41, 5.74) is 1.19. The van der Waals surface area contributed by atoms with Crippen LogP contribution in [-0.2, 0) is 4.74 Å². The van der Waals surface area contributed by atoms with E-state index in [1.807, 2.05) is 45.0 Å². The summed E-state index contributed by atoms with van der Waals surface area (Å²) in [4.78, 5) is 17.3. The number of carbonyl (C=O) groups is 1. The lowest BCUT2D eigenvalue weighted by molar-refractivity contribution is 0.0532. The Morgan fingerprint density at radius 2 is 1.95 bits per heavy atom. The van der Waals surface area contributed by atoms with Gasteiger partial charge in [0.25, 0.3) is 0 Å². The second-order valence-corrected chi connectivity index (χ2v) is 7.05. The number of rotatable bonds is 1. The first-order valence-electron chi connectivity index (χ1n) is 7.56. The number of carbonyl (C=O) groups excluding carboxylic acids is 1. The molecule has 0 amide bonds. The zero-order valence-electron chi connectivity index (χ0n) is 13.1. The van der Waals surface area contributed by atoms with Gasteiger partial charge in [-0.1, -0.05) is 19.1 Å². The predicted octanol–water partition coefficient (Wildman–Crippen LogP) is 4.33. The third kappa shape index (κ3) is 2.67. The van der Waals surface area contributed by atoms with Crippen LogP contribution in [0.15, 0.2) is 24.3 Å². The summed E-state index contributed by atoms with van der Waals surface area (Å²) in [6.07, 6.45) is 1.85. The van der Waals surface area contributed by atoms with E-state index in [0.29, 0.717) is 11.8 Å². The highest BCUT2D eigenvalue weighted by atomic mass is 16.6. The number of hydrogen-bond donors (Lipinski definition) is 0. The number of aromatic nitrogens is 2. The van der Waals surface area contributed by atoms with Gasteiger partial charge in [0.05, 0.1) is 11.0 Å². The van der Waals surface area contributed by atoms with Gasteiger partial charge in [-0.05, 0) is 51.7 Å². The molecular weight excluding hydrogens is 264 g/mol. The van der Waals surface area contributed by atoms with Crippen molar-refractivity contribution < 1.29 is 9.53 Å². The van der Waals surface area contributed by atoms with Crippen molar-refractivity contribution in [3.63, 3.8) is 0 Å². The number of nitrogens with zero attached hydrogens (tertiary/aromatic N) is 2. The number of hydrogen-bond acceptors (Lipinski definition) is 3. The van der Waals surface area contributed by atoms with Crippen molar-refractivity contribution in [2.75, 3.05) is 0 Å². The lowest BCUT2D eigenvalue weighted by atomic mass is 9.75. The molecule has 1 aliphatic rings. The van der Waals surface area contributed by atoms with E-state index < -0.39 is 5.60 Å². The van der Waals surface area contributed by atoms with Gasteiger partial charge in [0.1, 0.15) is 11.4 Å². The van der Waals surface area contributed by atoms with Gasteiger partial charge in [-0.25, -0.2) is 14.3 Å². The summed E-state index contributed by atoms with van der Waals surface area (Å²) in [7, 11) is 0. The Bertz CT molecular complexity index is 676. The van der Waals surface area contributed by atoms with Crippen LogP contribution in [-0.4, -0.2) is 21.2 Å². The number of fused-ring (bicyclic) bond motifs is 1. The van der Waals surface area contributed by atoms with Crippen LogP contribution in [0.2, 0.25) is 0 Å². The Kier molecular flexibility index (Phi) is 3.27. The van der Waals surface area contributed by atoms with E-state index in [1.54, 1.807) is 4.57 Å². The van der Waals surface area contributed by atoms with Crippen LogP contribution in [0.5, 0.6) is 0 Å². The molecule has 0 saturated heterocycles. The first-order chi connectivity index (χ1) is 9.85. The van der Waals surface area contributed by atoms with E-state index in [-0.39, 0.29) is 6.09 Å². The van der Waals surface area contributed by atoms with Crippen molar-refractivity contribution in [2.24, 2.45) is 5.92 Å². The molecule has 1 saturated carbocycles. The molecule has 1 heterocycles. The summed E-state index contributed by atoms with van der Waals surface area (Å²) < 4.78 is 7.22. The quantitative estimate of drug-likeness (QED) is 0.783. The van der Waals surface area contributed by atoms with Crippen LogP contribution in [0, 0.1) is 5.92 Å². The highest BCUT2D eigenvalue weighted by Gasteiger charge is 2.33. The van der Waals surface area contributed by atoms with Gasteiger partial charge in [0.15, 0.2) is 0 Å². The number of imidazole rings is 1. The molecule has 0 radical (unpaired) electrons. The predicted molar refractivity (Wildman–Crippen MR) is 82.5 cm³/mol. The van der Waals surface area contributed by atoms with Crippen molar-refractivity contribution in [1.29, 1.82) is 0 Å². The molecule has 112 valence electrons. The summed E-state index contributed by atoms with van der Waals surface area (Å²) >= 11 is 0. The maximum absolute atomic E-state index is 12.6. The summed E-state index contributed by atoms with van der Waals surface area (Å²) in [6.45, 7) is 7.89. The fraction of sp³-hybridized carbons (Fsp3) is 0.529. The highest BCUT2D eigenvalue weighted by Crippen LogP contribution is 2.41. The second kappa shape index (κ2) is 4.86. The van der Waals surface area contributed by atoms with Crippen molar-refractivity contribution in [1.82, 2.24) is 9.55 Å². The van der Waals surface area contributed by atoms with E-state index in [2.05, 4.69) is 11.9 Å². The zero-order chi connectivity index (χ0) is 15.2. The summed E-state index contributed by atoms with van der Waals surface area (Å²) in [5.74, 6) is 1.92. The fourth-order valence-electron chi connectivity index (χ4n) is 2.93. The minimum absolute atomic E-state index is 0.328. The lowest BCUT2D eigenvalue weighted by Gasteiger charge is -2.32. The average Bonchev–Trinajstić information content (AvgIpc) is 2.71. The summed E-state index contributed by atoms with van der Waals surface area (Å²) in [5, 5.41) is 0. The van der Waals surface area contributed by atoms with Crippen LogP contribution in [0.25, 0.3) is 11.0 Å². The average molecular weight is 286 g/mol. The smallest absolute Gasteiger partial charge is 0.420 e. The minimum Gasteiger partial charge on any atom is -0.443 e. The highest BCUT2D eigenvalue weighted by molar-refractivity contribution is 5.87. The van der Waals surface area contributed by atoms with E-state index in [0.717, 1.165) is 29.7 Å². The van der Waals surface area contributed by atoms with Gasteiger partial charge in [0, 0.05) is 5.92 Å². The molecule has 21 heavy (non-hydrogen) atoms. The standard InChI is InChI=1S/C17H22N2O2/c1-11-9-12(10-11)15-18-13-7-5-6-8-14(13)19(15)16(20)21-17(2,3)4/h5-8,11-12H,9-10H2,1-4H3/t11-,12-. The number of para-hydroxylation sites is 2. The molecule has 0 atom stereocenters. The molecule has 0 N–H and O–H groups in total. The molecule has 3 rings (SSSR count). The molecular formula is C17H22N2O2. The molecule has 1 fully saturated rings. The van der Waals surface area contributed by atoms with Crippen LogP contribution >= 0.6 is 0 Å². The van der Waals surface area contributed by atoms with Crippen molar-refractivity contribution >= 4 is 17.1 Å². The monoisotopic (exact) mass is 286 g/mol. The van der Waals surface area contributed by atoms with Crippen LogP contribution < -0.4 is 0 Å². The fourth-order valence-corrected chi connectivity index (χ4v) is 2.93. The Balaban J connectivity index is 2.05. The maximum atomic E-state index is 12.6.